The van der Waals surface area contributed by atoms with Gasteiger partial charge in [-0.3, -0.25) is 4.79 Å². The number of rotatable bonds is 10. The first kappa shape index (κ1) is 19.6. The molecule has 1 atom stereocenters. The maximum absolute atomic E-state index is 12.0. The smallest absolute Gasteiger partial charge is 0.273 e. The van der Waals surface area contributed by atoms with Crippen LogP contribution in [0.3, 0.4) is 0 Å². The fourth-order valence-corrected chi connectivity index (χ4v) is 2.76. The Balaban J connectivity index is 2.33. The Bertz CT molecular complexity index is 494. The van der Waals surface area contributed by atoms with E-state index in [1.165, 1.54) is 17.5 Å². The topological polar surface area (TPSA) is 71.5 Å². The summed E-state index contributed by atoms with van der Waals surface area (Å²) >= 11 is 1.20. The number of hydrogen-bond acceptors (Lipinski definition) is 5. The highest BCUT2D eigenvalue weighted by molar-refractivity contribution is 7.15. The van der Waals surface area contributed by atoms with E-state index in [1.807, 2.05) is 6.08 Å². The molecular weight excluding hydrogens is 312 g/mol. The first-order chi connectivity index (χ1) is 10.8. The number of aliphatic hydroxyl groups excluding tert-OH is 1. The molecule has 0 spiro atoms. The molecule has 1 aromatic heterocycles. The number of hydrogen-bond donors (Lipinski definition) is 2. The second-order valence-electron chi connectivity index (χ2n) is 6.76. The first-order valence-electron chi connectivity index (χ1n) is 7.97. The number of carbonyl (C=O) groups is 1. The van der Waals surface area contributed by atoms with Crippen molar-refractivity contribution in [2.24, 2.45) is 5.41 Å². The van der Waals surface area contributed by atoms with Crippen LogP contribution in [0, 0.1) is 5.41 Å². The van der Waals surface area contributed by atoms with Crippen LogP contribution in [0.25, 0.3) is 0 Å². The van der Waals surface area contributed by atoms with Crippen LogP contribution < -0.4 is 10.1 Å². The maximum Gasteiger partial charge on any atom is 0.273 e. The lowest BCUT2D eigenvalue weighted by molar-refractivity contribution is 0.0709. The number of aromatic nitrogens is 1. The van der Waals surface area contributed by atoms with Crippen molar-refractivity contribution in [1.82, 2.24) is 10.3 Å². The van der Waals surface area contributed by atoms with Crippen molar-refractivity contribution in [1.29, 1.82) is 0 Å². The van der Waals surface area contributed by atoms with E-state index in [2.05, 4.69) is 37.7 Å². The van der Waals surface area contributed by atoms with Crippen molar-refractivity contribution in [2.75, 3.05) is 13.2 Å². The van der Waals surface area contributed by atoms with Gasteiger partial charge in [-0.2, -0.15) is 0 Å². The van der Waals surface area contributed by atoms with Crippen LogP contribution in [-0.4, -0.2) is 35.3 Å². The number of unbranched alkanes of at least 4 members (excludes halogenated alkanes) is 2. The van der Waals surface area contributed by atoms with Gasteiger partial charge in [0.05, 0.1) is 12.3 Å². The molecule has 0 radical (unpaired) electrons. The van der Waals surface area contributed by atoms with Crippen molar-refractivity contribution >= 4 is 17.2 Å². The molecule has 1 unspecified atom stereocenters. The maximum atomic E-state index is 12.0. The van der Waals surface area contributed by atoms with E-state index in [-0.39, 0.29) is 17.9 Å². The van der Waals surface area contributed by atoms with E-state index in [9.17, 15) is 9.90 Å². The number of carbonyl (C=O) groups excluding carboxylic acids is 1. The summed E-state index contributed by atoms with van der Waals surface area (Å²) in [5.74, 6) is -0.133. The highest BCUT2D eigenvalue weighted by Gasteiger charge is 2.18. The minimum Gasteiger partial charge on any atom is -0.467 e. The summed E-state index contributed by atoms with van der Waals surface area (Å²) in [6.45, 7) is 10.7. The van der Waals surface area contributed by atoms with Crippen molar-refractivity contribution in [2.45, 2.75) is 52.6 Å². The normalized spacial score (nSPS) is 12.7. The van der Waals surface area contributed by atoms with E-state index in [0.717, 1.165) is 19.3 Å². The molecule has 0 saturated heterocycles. The molecule has 0 aliphatic carbocycles. The molecule has 0 fully saturated rings. The molecule has 1 heterocycles. The first-order valence-corrected chi connectivity index (χ1v) is 8.79. The van der Waals surface area contributed by atoms with Crippen molar-refractivity contribution in [3.05, 3.63) is 23.7 Å². The van der Waals surface area contributed by atoms with Crippen molar-refractivity contribution in [3.63, 3.8) is 0 Å². The lowest BCUT2D eigenvalue weighted by atomic mass is 9.89. The summed E-state index contributed by atoms with van der Waals surface area (Å²) < 4.78 is 5.47. The number of aliphatic hydroxyl groups is 1. The Hall–Kier alpha value is -1.40. The van der Waals surface area contributed by atoms with Gasteiger partial charge < -0.3 is 15.2 Å². The molecule has 130 valence electrons. The SMILES string of the molecule is C=CCCCCNC(=O)c1cnc(OCC(O)CC(C)(C)C)s1. The van der Waals surface area contributed by atoms with E-state index >= 15 is 0 Å². The van der Waals surface area contributed by atoms with Gasteiger partial charge in [0.15, 0.2) is 0 Å². The molecule has 0 saturated carbocycles. The molecule has 23 heavy (non-hydrogen) atoms. The van der Waals surface area contributed by atoms with Crippen LogP contribution in [0.4, 0.5) is 0 Å². The lowest BCUT2D eigenvalue weighted by Crippen LogP contribution is -2.24. The van der Waals surface area contributed by atoms with Gasteiger partial charge in [-0.15, -0.1) is 6.58 Å². The molecule has 5 nitrogen and oxygen atoms in total. The predicted octanol–water partition coefficient (Wildman–Crippen LogP) is 3.41. The molecule has 0 aliphatic heterocycles. The van der Waals surface area contributed by atoms with Gasteiger partial charge in [0.2, 0.25) is 0 Å². The second-order valence-corrected chi connectivity index (χ2v) is 7.75. The van der Waals surface area contributed by atoms with E-state index in [1.54, 1.807) is 0 Å². The Morgan fingerprint density at radius 3 is 2.91 bits per heavy atom. The lowest BCUT2D eigenvalue weighted by Gasteiger charge is -2.21. The van der Waals surface area contributed by atoms with E-state index in [4.69, 9.17) is 4.74 Å². The number of allylic oxidation sites excluding steroid dienone is 1. The average molecular weight is 340 g/mol. The Labute approximate surface area is 142 Å². The van der Waals surface area contributed by atoms with E-state index in [0.29, 0.717) is 23.0 Å². The number of nitrogens with one attached hydrogen (secondary N) is 1. The number of ether oxygens (including phenoxy) is 1. The van der Waals surface area contributed by atoms with Gasteiger partial charge >= 0.3 is 0 Å². The number of amides is 1. The standard InChI is InChI=1S/C17H28N2O3S/c1-5-6-7-8-9-18-15(21)14-11-19-16(23-14)22-12-13(20)10-17(2,3)4/h5,11,13,20H,1,6-10,12H2,2-4H3,(H,18,21). The summed E-state index contributed by atoms with van der Waals surface area (Å²) in [6.07, 6.45) is 6.41. The fourth-order valence-electron chi connectivity index (χ4n) is 2.07. The minimum absolute atomic E-state index is 0.0439. The van der Waals surface area contributed by atoms with Gasteiger partial charge in [0.1, 0.15) is 11.5 Å². The second kappa shape index (κ2) is 9.67. The molecule has 1 amide bonds. The van der Waals surface area contributed by atoms with Gasteiger partial charge in [-0.05, 0) is 31.1 Å². The predicted molar refractivity (Wildman–Crippen MR) is 94.1 cm³/mol. The van der Waals surface area contributed by atoms with Crippen LogP contribution in [0.1, 0.15) is 56.1 Å². The zero-order valence-corrected chi connectivity index (χ0v) is 15.1. The van der Waals surface area contributed by atoms with Gasteiger partial charge in [-0.1, -0.05) is 38.2 Å². The fraction of sp³-hybridized carbons (Fsp3) is 0.647. The summed E-state index contributed by atoms with van der Waals surface area (Å²) in [7, 11) is 0. The van der Waals surface area contributed by atoms with Crippen LogP contribution in [0.15, 0.2) is 18.9 Å². The average Bonchev–Trinajstić information content (AvgIpc) is 2.92. The quantitative estimate of drug-likeness (QED) is 0.506. The van der Waals surface area contributed by atoms with Gasteiger partial charge in [0, 0.05) is 6.54 Å². The summed E-state index contributed by atoms with van der Waals surface area (Å²) in [6, 6.07) is 0. The van der Waals surface area contributed by atoms with Crippen LogP contribution in [-0.2, 0) is 0 Å². The molecular formula is C17H28N2O3S. The van der Waals surface area contributed by atoms with Crippen molar-refractivity contribution < 1.29 is 14.6 Å². The molecule has 0 aliphatic rings. The van der Waals surface area contributed by atoms with Gasteiger partial charge in [-0.25, -0.2) is 4.98 Å². The Morgan fingerprint density at radius 2 is 2.26 bits per heavy atom. The summed E-state index contributed by atoms with van der Waals surface area (Å²) in [5.41, 5.74) is 0.0439. The van der Waals surface area contributed by atoms with Crippen LogP contribution in [0.2, 0.25) is 0 Å². The minimum atomic E-state index is -0.541. The number of thiazole rings is 1. The monoisotopic (exact) mass is 340 g/mol. The number of nitrogens with zero attached hydrogens (tertiary/aromatic N) is 1. The van der Waals surface area contributed by atoms with Crippen molar-refractivity contribution in [3.8, 4) is 5.19 Å². The van der Waals surface area contributed by atoms with Gasteiger partial charge in [0.25, 0.3) is 11.1 Å². The third-order valence-corrected chi connectivity index (χ3v) is 3.98. The zero-order valence-electron chi connectivity index (χ0n) is 14.3. The molecule has 1 aromatic rings. The van der Waals surface area contributed by atoms with Crippen LogP contribution >= 0.6 is 11.3 Å². The third kappa shape index (κ3) is 8.71. The highest BCUT2D eigenvalue weighted by atomic mass is 32.1. The molecule has 2 N–H and O–H groups in total. The largest absolute Gasteiger partial charge is 0.467 e. The zero-order chi connectivity index (χ0) is 17.3. The molecule has 6 heteroatoms. The third-order valence-electron chi connectivity index (χ3n) is 3.08. The molecule has 0 bridgehead atoms. The summed E-state index contributed by atoms with van der Waals surface area (Å²) in [4.78, 5) is 16.5. The van der Waals surface area contributed by atoms with E-state index < -0.39 is 6.10 Å². The van der Waals surface area contributed by atoms with Crippen LogP contribution in [0.5, 0.6) is 5.19 Å². The molecule has 0 aromatic carbocycles. The Kier molecular flexibility index (Phi) is 8.26. The summed E-state index contributed by atoms with van der Waals surface area (Å²) in [5, 5.41) is 13.2. The highest BCUT2D eigenvalue weighted by Crippen LogP contribution is 2.23. The Morgan fingerprint density at radius 1 is 1.52 bits per heavy atom. The molecule has 1 rings (SSSR count).